The maximum atomic E-state index is 13.8. The van der Waals surface area contributed by atoms with Gasteiger partial charge in [0.15, 0.2) is 0 Å². The molecule has 0 spiro atoms. The summed E-state index contributed by atoms with van der Waals surface area (Å²) in [4.78, 5) is 4.67. The highest BCUT2D eigenvalue weighted by Crippen LogP contribution is 2.35. The lowest BCUT2D eigenvalue weighted by atomic mass is 9.93. The van der Waals surface area contributed by atoms with Crippen LogP contribution in [0.1, 0.15) is 6.42 Å². The molecule has 0 unspecified atom stereocenters. The van der Waals surface area contributed by atoms with Crippen LogP contribution in [0.2, 0.25) is 0 Å². The Hall–Kier alpha value is -1.61. The van der Waals surface area contributed by atoms with Gasteiger partial charge in [0.1, 0.15) is 5.82 Å². The normalized spacial score (nSPS) is 20.1. The molecule has 0 fully saturated rings. The molecule has 1 aromatic carbocycles. The molecular weight excluding hydrogens is 245 g/mol. The Balaban J connectivity index is 2.14. The van der Waals surface area contributed by atoms with Crippen LogP contribution in [0, 0.1) is 5.82 Å². The smallest absolute Gasteiger partial charge is 0.130 e. The third-order valence-electron chi connectivity index (χ3n) is 3.53. The standard InChI is InChI=1S/C15H10FNS/c16-12-3-1-2-10-9(12)4-5-14-15(10)11-8-18-7-6-13(11)17-14/h1-4,6-7H,5,8H2. The molecular formula is C15H10FNS. The van der Waals surface area contributed by atoms with Crippen molar-refractivity contribution in [3.8, 4) is 0 Å². The second-order valence-electron chi connectivity index (χ2n) is 4.52. The summed E-state index contributed by atoms with van der Waals surface area (Å²) in [7, 11) is 0. The number of thioether (sulfide) groups is 1. The second-order valence-corrected chi connectivity index (χ2v) is 5.41. The number of hydrogen-bond donors (Lipinski definition) is 0. The molecule has 0 amide bonds. The summed E-state index contributed by atoms with van der Waals surface area (Å²) in [6.45, 7) is 0. The van der Waals surface area contributed by atoms with Gasteiger partial charge in [-0.05, 0) is 28.3 Å². The van der Waals surface area contributed by atoms with E-state index in [0.29, 0.717) is 0 Å². The van der Waals surface area contributed by atoms with Gasteiger partial charge < -0.3 is 0 Å². The molecule has 4 rings (SSSR count). The Labute approximate surface area is 108 Å². The first-order valence-corrected chi connectivity index (χ1v) is 6.98. The van der Waals surface area contributed by atoms with Gasteiger partial charge in [-0.2, -0.15) is 0 Å². The van der Waals surface area contributed by atoms with Gasteiger partial charge in [-0.25, -0.2) is 4.39 Å². The predicted octanol–water partition coefficient (Wildman–Crippen LogP) is 2.13. The monoisotopic (exact) mass is 255 g/mol. The SMILES string of the molecule is Fc1cccc2c1=CCC1=NC3=C(CSC=C3)C=21. The molecule has 18 heavy (non-hydrogen) atoms. The molecule has 0 N–H and O–H groups in total. The molecule has 1 aliphatic carbocycles. The number of allylic oxidation sites excluding steroid dienone is 1. The molecule has 1 nitrogen and oxygen atoms in total. The number of fused-ring (bicyclic) bond motifs is 3. The Bertz CT molecular complexity index is 768. The van der Waals surface area contributed by atoms with Crippen molar-refractivity contribution in [1.82, 2.24) is 0 Å². The number of aliphatic imine (C=N–C) groups is 1. The highest BCUT2D eigenvalue weighted by Gasteiger charge is 2.26. The third kappa shape index (κ3) is 1.31. The molecule has 88 valence electrons. The van der Waals surface area contributed by atoms with Gasteiger partial charge in [-0.1, -0.05) is 18.2 Å². The molecule has 3 heteroatoms. The fourth-order valence-corrected chi connectivity index (χ4v) is 3.51. The van der Waals surface area contributed by atoms with Crippen LogP contribution < -0.4 is 10.4 Å². The van der Waals surface area contributed by atoms with Crippen molar-refractivity contribution in [2.75, 3.05) is 5.75 Å². The zero-order valence-electron chi connectivity index (χ0n) is 9.61. The number of rotatable bonds is 0. The highest BCUT2D eigenvalue weighted by molar-refractivity contribution is 8.02. The van der Waals surface area contributed by atoms with Crippen LogP contribution in [0.15, 0.2) is 45.9 Å². The van der Waals surface area contributed by atoms with Crippen LogP contribution in [0.4, 0.5) is 4.39 Å². The molecule has 0 bridgehead atoms. The van der Waals surface area contributed by atoms with Gasteiger partial charge in [0, 0.05) is 23.0 Å². The number of benzene rings is 1. The quantitative estimate of drug-likeness (QED) is 0.692. The largest absolute Gasteiger partial charge is 0.252 e. The second kappa shape index (κ2) is 3.69. The lowest BCUT2D eigenvalue weighted by molar-refractivity contribution is 0.617. The first-order chi connectivity index (χ1) is 8.84. The predicted molar refractivity (Wildman–Crippen MR) is 74.2 cm³/mol. The first-order valence-electron chi connectivity index (χ1n) is 5.93. The number of nitrogens with zero attached hydrogens (tertiary/aromatic N) is 1. The van der Waals surface area contributed by atoms with Crippen molar-refractivity contribution >= 4 is 29.1 Å². The van der Waals surface area contributed by atoms with E-state index in [-0.39, 0.29) is 5.82 Å². The summed E-state index contributed by atoms with van der Waals surface area (Å²) in [6, 6.07) is 5.30. The lowest BCUT2D eigenvalue weighted by Gasteiger charge is -2.13. The summed E-state index contributed by atoms with van der Waals surface area (Å²) >= 11 is 1.77. The molecule has 0 radical (unpaired) electrons. The Morgan fingerprint density at radius 1 is 1.28 bits per heavy atom. The maximum Gasteiger partial charge on any atom is 0.130 e. The van der Waals surface area contributed by atoms with Crippen LogP contribution >= 0.6 is 11.8 Å². The lowest BCUT2D eigenvalue weighted by Crippen LogP contribution is -2.35. The molecule has 0 atom stereocenters. The topological polar surface area (TPSA) is 12.4 Å². The molecule has 0 saturated carbocycles. The average Bonchev–Trinajstić information content (AvgIpc) is 2.77. The first kappa shape index (κ1) is 10.3. The number of hydrogen-bond acceptors (Lipinski definition) is 2. The van der Waals surface area contributed by atoms with E-state index in [4.69, 9.17) is 0 Å². The van der Waals surface area contributed by atoms with Crippen LogP contribution in [0.25, 0.3) is 11.6 Å². The van der Waals surface area contributed by atoms with E-state index in [0.717, 1.165) is 34.0 Å². The van der Waals surface area contributed by atoms with E-state index in [9.17, 15) is 4.39 Å². The Kier molecular flexibility index (Phi) is 2.12. The minimum absolute atomic E-state index is 0.132. The van der Waals surface area contributed by atoms with E-state index in [1.807, 2.05) is 12.1 Å². The van der Waals surface area contributed by atoms with Crippen molar-refractivity contribution in [2.45, 2.75) is 6.42 Å². The van der Waals surface area contributed by atoms with E-state index in [1.165, 1.54) is 17.2 Å². The van der Waals surface area contributed by atoms with Crippen molar-refractivity contribution in [2.24, 2.45) is 4.99 Å². The van der Waals surface area contributed by atoms with Crippen LogP contribution in [-0.2, 0) is 0 Å². The molecule has 2 aliphatic heterocycles. The van der Waals surface area contributed by atoms with Crippen molar-refractivity contribution in [3.05, 3.63) is 57.2 Å². The summed E-state index contributed by atoms with van der Waals surface area (Å²) < 4.78 is 13.8. The molecule has 2 heterocycles. The minimum Gasteiger partial charge on any atom is -0.252 e. The fraction of sp³-hybridized carbons (Fsp3) is 0.133. The zero-order chi connectivity index (χ0) is 12.1. The molecule has 3 aliphatic rings. The molecule has 0 saturated heterocycles. The van der Waals surface area contributed by atoms with Gasteiger partial charge in [0.2, 0.25) is 0 Å². The summed E-state index contributed by atoms with van der Waals surface area (Å²) in [5.41, 5.74) is 4.57. The van der Waals surface area contributed by atoms with Crippen molar-refractivity contribution < 1.29 is 4.39 Å². The van der Waals surface area contributed by atoms with Gasteiger partial charge in [-0.15, -0.1) is 11.8 Å². The average molecular weight is 255 g/mol. The summed E-state index contributed by atoms with van der Waals surface area (Å²) in [6.07, 6.45) is 4.73. The maximum absolute atomic E-state index is 13.8. The van der Waals surface area contributed by atoms with Crippen LogP contribution in [0.5, 0.6) is 0 Å². The van der Waals surface area contributed by atoms with Gasteiger partial charge in [0.25, 0.3) is 0 Å². The van der Waals surface area contributed by atoms with E-state index >= 15 is 0 Å². The Morgan fingerprint density at radius 3 is 3.17 bits per heavy atom. The minimum atomic E-state index is -0.132. The van der Waals surface area contributed by atoms with E-state index < -0.39 is 0 Å². The fourth-order valence-electron chi connectivity index (χ4n) is 2.73. The number of halogens is 1. The van der Waals surface area contributed by atoms with Gasteiger partial charge in [-0.3, -0.25) is 4.99 Å². The van der Waals surface area contributed by atoms with Crippen molar-refractivity contribution in [1.29, 1.82) is 0 Å². The van der Waals surface area contributed by atoms with Crippen molar-refractivity contribution in [3.63, 3.8) is 0 Å². The van der Waals surface area contributed by atoms with Gasteiger partial charge >= 0.3 is 0 Å². The summed E-state index contributed by atoms with van der Waals surface area (Å²) in [5.74, 6) is 0.802. The van der Waals surface area contributed by atoms with E-state index in [1.54, 1.807) is 17.8 Å². The molecule has 0 aromatic heterocycles. The summed E-state index contributed by atoms with van der Waals surface area (Å²) in [5, 5.41) is 3.82. The van der Waals surface area contributed by atoms with Crippen LogP contribution in [-0.4, -0.2) is 11.5 Å². The Morgan fingerprint density at radius 2 is 2.22 bits per heavy atom. The van der Waals surface area contributed by atoms with Gasteiger partial charge in [0.05, 0.1) is 11.4 Å². The third-order valence-corrected chi connectivity index (χ3v) is 4.31. The van der Waals surface area contributed by atoms with E-state index in [2.05, 4.69) is 16.5 Å². The van der Waals surface area contributed by atoms with Crippen LogP contribution in [0.3, 0.4) is 0 Å². The molecule has 1 aromatic rings. The highest BCUT2D eigenvalue weighted by atomic mass is 32.2. The zero-order valence-corrected chi connectivity index (χ0v) is 10.4.